The minimum absolute atomic E-state index is 0.0407. The number of nitrogens with zero attached hydrogens (tertiary/aromatic N) is 1. The Kier molecular flexibility index (Phi) is 10.2. The normalized spacial score (nSPS) is 12.1. The average Bonchev–Trinajstić information content (AvgIpc) is 3.30. The summed E-state index contributed by atoms with van der Waals surface area (Å²) in [4.78, 5) is 28.2. The first kappa shape index (κ1) is 27.0. The van der Waals surface area contributed by atoms with Gasteiger partial charge in [0.15, 0.2) is 0 Å². The molecule has 3 rings (SSSR count). The highest BCUT2D eigenvalue weighted by Gasteiger charge is 2.38. The van der Waals surface area contributed by atoms with Crippen LogP contribution < -0.4 is 0 Å². The molecule has 3 aromatic rings. The van der Waals surface area contributed by atoms with Crippen LogP contribution in [0.4, 0.5) is 13.2 Å². The molecular weight excluding hydrogens is 449 g/mol. The second-order valence-electron chi connectivity index (χ2n) is 7.76. The lowest BCUT2D eigenvalue weighted by Gasteiger charge is -2.12. The standard InChI is InChI=1S/C23H28N2O2.C2HF3O2/c1-3-20(26)11-5-4-6-12-22(27-2)23-24-16-21(25-23)19-14-13-17-9-7-8-10-18(17)15-19;3-2(4,5)1(6)7/h7-10,13-16,22H,3-6,11-12H2,1-2H3,(H,24,25);(H,6,7). The lowest BCUT2D eigenvalue weighted by molar-refractivity contribution is -0.192. The Hall–Kier alpha value is -3.20. The number of rotatable bonds is 10. The Labute approximate surface area is 196 Å². The minimum atomic E-state index is -5.08. The molecule has 0 saturated heterocycles. The lowest BCUT2D eigenvalue weighted by Crippen LogP contribution is -2.21. The van der Waals surface area contributed by atoms with Crippen LogP contribution in [0.2, 0.25) is 0 Å². The van der Waals surface area contributed by atoms with Crippen LogP contribution in [-0.2, 0) is 14.3 Å². The van der Waals surface area contributed by atoms with E-state index in [-0.39, 0.29) is 6.10 Å². The summed E-state index contributed by atoms with van der Waals surface area (Å²) in [6.07, 6.45) is 2.04. The van der Waals surface area contributed by atoms with Crippen molar-refractivity contribution in [2.75, 3.05) is 7.11 Å². The van der Waals surface area contributed by atoms with E-state index in [1.165, 1.54) is 10.8 Å². The summed E-state index contributed by atoms with van der Waals surface area (Å²) in [5.74, 6) is -1.54. The van der Waals surface area contributed by atoms with Crippen molar-refractivity contribution in [3.63, 3.8) is 0 Å². The fourth-order valence-corrected chi connectivity index (χ4v) is 3.38. The summed E-state index contributed by atoms with van der Waals surface area (Å²) in [7, 11) is 1.73. The first-order chi connectivity index (χ1) is 16.2. The molecule has 0 fully saturated rings. The van der Waals surface area contributed by atoms with Gasteiger partial charge in [-0.15, -0.1) is 0 Å². The lowest BCUT2D eigenvalue weighted by atomic mass is 10.1. The van der Waals surface area contributed by atoms with Crippen molar-refractivity contribution < 1.29 is 32.6 Å². The first-order valence-electron chi connectivity index (χ1n) is 11.0. The van der Waals surface area contributed by atoms with Crippen molar-refractivity contribution in [2.24, 2.45) is 0 Å². The number of methoxy groups -OCH3 is 1. The topological polar surface area (TPSA) is 92.3 Å². The molecule has 34 heavy (non-hydrogen) atoms. The minimum Gasteiger partial charge on any atom is -0.475 e. The largest absolute Gasteiger partial charge is 0.490 e. The van der Waals surface area contributed by atoms with Gasteiger partial charge in [-0.05, 0) is 29.7 Å². The van der Waals surface area contributed by atoms with Crippen LogP contribution in [0.15, 0.2) is 48.7 Å². The maximum absolute atomic E-state index is 11.4. The zero-order valence-electron chi connectivity index (χ0n) is 19.2. The molecule has 9 heteroatoms. The summed E-state index contributed by atoms with van der Waals surface area (Å²) in [5.41, 5.74) is 2.13. The number of benzene rings is 2. The van der Waals surface area contributed by atoms with E-state index in [1.807, 2.05) is 13.1 Å². The van der Waals surface area contributed by atoms with Crippen LogP contribution in [-0.4, -0.2) is 40.1 Å². The molecule has 2 aromatic carbocycles. The van der Waals surface area contributed by atoms with Gasteiger partial charge in [-0.25, -0.2) is 9.78 Å². The molecule has 1 aromatic heterocycles. The number of H-pyrrole nitrogens is 1. The number of carbonyl (C=O) groups is 2. The number of ether oxygens (including phenoxy) is 1. The fraction of sp³-hybridized carbons (Fsp3) is 0.400. The van der Waals surface area contributed by atoms with Crippen molar-refractivity contribution in [3.8, 4) is 11.3 Å². The molecule has 0 aliphatic rings. The number of aromatic amines is 1. The maximum Gasteiger partial charge on any atom is 0.490 e. The molecule has 6 nitrogen and oxygen atoms in total. The second kappa shape index (κ2) is 12.9. The summed E-state index contributed by atoms with van der Waals surface area (Å²) >= 11 is 0. The summed E-state index contributed by atoms with van der Waals surface area (Å²) in [6.45, 7) is 1.92. The zero-order chi connectivity index (χ0) is 25.1. The number of carboxylic acids is 1. The van der Waals surface area contributed by atoms with E-state index in [0.29, 0.717) is 18.6 Å². The number of hydrogen-bond donors (Lipinski definition) is 2. The number of carbonyl (C=O) groups excluding carboxylic acids is 1. The number of unbranched alkanes of at least 4 members (excludes halogenated alkanes) is 2. The molecule has 0 amide bonds. The quantitative estimate of drug-likeness (QED) is 0.325. The molecule has 1 atom stereocenters. The van der Waals surface area contributed by atoms with Crippen molar-refractivity contribution >= 4 is 22.5 Å². The van der Waals surface area contributed by atoms with Gasteiger partial charge >= 0.3 is 12.1 Å². The van der Waals surface area contributed by atoms with Crippen molar-refractivity contribution in [2.45, 2.75) is 57.7 Å². The third kappa shape index (κ3) is 8.30. The molecule has 0 spiro atoms. The van der Waals surface area contributed by atoms with E-state index in [2.05, 4.69) is 52.4 Å². The highest BCUT2D eigenvalue weighted by Crippen LogP contribution is 2.27. The van der Waals surface area contributed by atoms with Crippen LogP contribution in [0.1, 0.15) is 57.4 Å². The number of halogens is 3. The van der Waals surface area contributed by atoms with E-state index < -0.39 is 12.1 Å². The Morgan fingerprint density at radius 2 is 1.76 bits per heavy atom. The molecule has 0 radical (unpaired) electrons. The number of aliphatic carboxylic acids is 1. The zero-order valence-corrected chi connectivity index (χ0v) is 19.2. The van der Waals surface area contributed by atoms with Crippen LogP contribution >= 0.6 is 0 Å². The monoisotopic (exact) mass is 478 g/mol. The van der Waals surface area contributed by atoms with Crippen LogP contribution in [0.25, 0.3) is 22.0 Å². The van der Waals surface area contributed by atoms with Gasteiger partial charge in [-0.2, -0.15) is 13.2 Å². The number of carboxylic acid groups (broad SMARTS) is 1. The van der Waals surface area contributed by atoms with Gasteiger partial charge in [0.25, 0.3) is 0 Å². The Morgan fingerprint density at radius 3 is 2.38 bits per heavy atom. The molecule has 2 N–H and O–H groups in total. The smallest absolute Gasteiger partial charge is 0.475 e. The number of hydrogen-bond acceptors (Lipinski definition) is 4. The highest BCUT2D eigenvalue weighted by atomic mass is 19.4. The first-order valence-corrected chi connectivity index (χ1v) is 11.0. The van der Waals surface area contributed by atoms with Gasteiger partial charge in [-0.1, -0.05) is 56.2 Å². The van der Waals surface area contributed by atoms with Gasteiger partial charge in [0.2, 0.25) is 0 Å². The van der Waals surface area contributed by atoms with Crippen molar-refractivity contribution in [1.82, 2.24) is 9.97 Å². The average molecular weight is 479 g/mol. The summed E-state index contributed by atoms with van der Waals surface area (Å²) < 4.78 is 37.4. The Morgan fingerprint density at radius 1 is 1.09 bits per heavy atom. The molecule has 1 heterocycles. The molecule has 0 aliphatic heterocycles. The van der Waals surface area contributed by atoms with E-state index in [0.717, 1.165) is 42.8 Å². The number of nitrogens with one attached hydrogen (secondary N) is 1. The SMILES string of the molecule is CCC(=O)CCCCCC(OC)c1ncc(-c2ccc3ccccc3c2)[nH]1.O=C(O)C(F)(F)F. The second-order valence-corrected chi connectivity index (χ2v) is 7.76. The molecular formula is C25H29F3N2O4. The predicted molar refractivity (Wildman–Crippen MR) is 123 cm³/mol. The van der Waals surface area contributed by atoms with Crippen LogP contribution in [0.5, 0.6) is 0 Å². The predicted octanol–water partition coefficient (Wildman–Crippen LogP) is 6.48. The van der Waals surface area contributed by atoms with E-state index in [4.69, 9.17) is 14.6 Å². The third-order valence-corrected chi connectivity index (χ3v) is 5.30. The van der Waals surface area contributed by atoms with Gasteiger partial charge in [0.1, 0.15) is 17.7 Å². The van der Waals surface area contributed by atoms with Gasteiger partial charge in [-0.3, -0.25) is 4.79 Å². The number of alkyl halides is 3. The Balaban J connectivity index is 0.000000509. The Bertz CT molecular complexity index is 1080. The molecule has 184 valence electrons. The number of ketones is 1. The van der Waals surface area contributed by atoms with Gasteiger partial charge in [0, 0.05) is 25.5 Å². The molecule has 1 unspecified atom stereocenters. The van der Waals surface area contributed by atoms with Crippen LogP contribution in [0, 0.1) is 0 Å². The van der Waals surface area contributed by atoms with Gasteiger partial charge in [0.05, 0.1) is 11.9 Å². The van der Waals surface area contributed by atoms with Crippen molar-refractivity contribution in [1.29, 1.82) is 0 Å². The summed E-state index contributed by atoms with van der Waals surface area (Å²) in [5, 5.41) is 9.58. The number of fused-ring (bicyclic) bond motifs is 1. The highest BCUT2D eigenvalue weighted by molar-refractivity contribution is 5.86. The summed E-state index contributed by atoms with van der Waals surface area (Å²) in [6, 6.07) is 14.8. The molecule has 0 saturated carbocycles. The molecule has 0 aliphatic carbocycles. The van der Waals surface area contributed by atoms with Crippen molar-refractivity contribution in [3.05, 3.63) is 54.5 Å². The number of Topliss-reactive ketones (excluding diaryl/α,β-unsaturated/α-hetero) is 1. The van der Waals surface area contributed by atoms with Crippen LogP contribution in [0.3, 0.4) is 0 Å². The third-order valence-electron chi connectivity index (χ3n) is 5.30. The van der Waals surface area contributed by atoms with Gasteiger partial charge < -0.3 is 14.8 Å². The maximum atomic E-state index is 11.4. The number of imidazole rings is 1. The molecule has 0 bridgehead atoms. The van der Waals surface area contributed by atoms with E-state index in [1.54, 1.807) is 7.11 Å². The van der Waals surface area contributed by atoms with E-state index >= 15 is 0 Å². The number of aromatic nitrogens is 2. The van der Waals surface area contributed by atoms with E-state index in [9.17, 15) is 18.0 Å². The fourth-order valence-electron chi connectivity index (χ4n) is 3.38.